The fourth-order valence-electron chi connectivity index (χ4n) is 4.11. The number of hydrogen-bond acceptors (Lipinski definition) is 4. The zero-order chi connectivity index (χ0) is 15.9. The molecule has 3 rings (SSSR count). The lowest BCUT2D eigenvalue weighted by atomic mass is 9.77. The number of rotatable bonds is 3. The largest absolute Gasteiger partial charge is 0.459 e. The van der Waals surface area contributed by atoms with Gasteiger partial charge in [-0.2, -0.15) is 0 Å². The van der Waals surface area contributed by atoms with E-state index in [0.29, 0.717) is 0 Å². The van der Waals surface area contributed by atoms with Crippen molar-refractivity contribution in [3.8, 4) is 0 Å². The summed E-state index contributed by atoms with van der Waals surface area (Å²) in [4.78, 5) is 14.9. The monoisotopic (exact) mass is 371 g/mol. The fraction of sp³-hybridized carbons (Fsp3) is 0.875. The van der Waals surface area contributed by atoms with Crippen LogP contribution in [0.2, 0.25) is 0 Å². The summed E-state index contributed by atoms with van der Waals surface area (Å²) < 4.78 is 18.0. The van der Waals surface area contributed by atoms with E-state index in [0.717, 1.165) is 32.1 Å². The second-order valence-corrected chi connectivity index (χ2v) is 7.93. The molecular weight excluding hydrogens is 350 g/mol. The third kappa shape index (κ3) is 2.91. The lowest BCUT2D eigenvalue weighted by molar-refractivity contribution is -0.167. The fourth-order valence-corrected chi connectivity index (χ4v) is 5.11. The SMILES string of the molecule is [C-]#[N+][C@H](C)CC1CC[C@@H]2O[C@@H]3C[C@]2(C[C@H](Br)[C@H]3OC(C)=O)O1. The average molecular weight is 372 g/mol. The number of ether oxygens (including phenoxy) is 3. The number of fused-ring (bicyclic) bond motifs is 1. The highest BCUT2D eigenvalue weighted by Gasteiger charge is 2.60. The van der Waals surface area contributed by atoms with Crippen LogP contribution in [0.3, 0.4) is 0 Å². The van der Waals surface area contributed by atoms with Crippen LogP contribution in [0.1, 0.15) is 46.0 Å². The first-order valence-corrected chi connectivity index (χ1v) is 8.86. The summed E-state index contributed by atoms with van der Waals surface area (Å²) in [6, 6.07) is -0.00628. The molecule has 5 nitrogen and oxygen atoms in total. The molecule has 0 aromatic heterocycles. The molecule has 0 amide bonds. The van der Waals surface area contributed by atoms with Crippen molar-refractivity contribution in [2.75, 3.05) is 0 Å². The average Bonchev–Trinajstić information content (AvgIpc) is 2.76. The molecule has 2 aliphatic heterocycles. The minimum absolute atomic E-state index is 0.00628. The summed E-state index contributed by atoms with van der Waals surface area (Å²) >= 11 is 3.66. The number of nitrogens with zero attached hydrogens (tertiary/aromatic N) is 1. The smallest absolute Gasteiger partial charge is 0.303 e. The van der Waals surface area contributed by atoms with Crippen LogP contribution in [0, 0.1) is 6.57 Å². The number of carbonyl (C=O) groups excluding carboxylic acids is 1. The third-order valence-corrected chi connectivity index (χ3v) is 5.86. The maximum atomic E-state index is 11.3. The number of halogens is 1. The Hall–Kier alpha value is -0.640. The molecule has 7 atom stereocenters. The Kier molecular flexibility index (Phi) is 4.50. The minimum Gasteiger partial charge on any atom is -0.459 e. The maximum Gasteiger partial charge on any atom is 0.303 e. The van der Waals surface area contributed by atoms with Crippen molar-refractivity contribution >= 4 is 21.9 Å². The van der Waals surface area contributed by atoms with E-state index in [4.69, 9.17) is 20.8 Å². The van der Waals surface area contributed by atoms with Gasteiger partial charge in [0, 0.05) is 26.7 Å². The van der Waals surface area contributed by atoms with Gasteiger partial charge in [0.15, 0.2) is 0 Å². The van der Waals surface area contributed by atoms with E-state index < -0.39 is 0 Å². The second-order valence-electron chi connectivity index (χ2n) is 6.76. The first-order valence-electron chi connectivity index (χ1n) is 7.94. The third-order valence-electron chi connectivity index (χ3n) is 5.01. The number of carbonyl (C=O) groups is 1. The van der Waals surface area contributed by atoms with Crippen LogP contribution in [0.5, 0.6) is 0 Å². The zero-order valence-electron chi connectivity index (χ0n) is 13.0. The van der Waals surface area contributed by atoms with E-state index >= 15 is 0 Å². The molecule has 1 spiro atoms. The summed E-state index contributed by atoms with van der Waals surface area (Å²) in [5.41, 5.74) is -0.278. The second kappa shape index (κ2) is 6.10. The molecule has 2 saturated heterocycles. The van der Waals surface area contributed by atoms with Crippen LogP contribution in [-0.4, -0.2) is 46.9 Å². The highest BCUT2D eigenvalue weighted by atomic mass is 79.9. The van der Waals surface area contributed by atoms with E-state index in [-0.39, 0.29) is 46.9 Å². The summed E-state index contributed by atoms with van der Waals surface area (Å²) in [5.74, 6) is -0.270. The van der Waals surface area contributed by atoms with E-state index in [1.54, 1.807) is 0 Å². The number of esters is 1. The number of hydrogen-bond donors (Lipinski definition) is 0. The summed E-state index contributed by atoms with van der Waals surface area (Å²) in [7, 11) is 0. The van der Waals surface area contributed by atoms with Gasteiger partial charge in [-0.3, -0.25) is 4.79 Å². The molecule has 122 valence electrons. The molecule has 2 bridgehead atoms. The van der Waals surface area contributed by atoms with Gasteiger partial charge in [-0.05, 0) is 19.3 Å². The molecule has 22 heavy (non-hydrogen) atoms. The van der Waals surface area contributed by atoms with E-state index in [2.05, 4.69) is 20.8 Å². The molecule has 0 aromatic carbocycles. The molecule has 3 aliphatic rings. The Bertz CT molecular complexity index is 493. The number of alkyl halides is 1. The summed E-state index contributed by atoms with van der Waals surface area (Å²) in [6.45, 7) is 10.5. The van der Waals surface area contributed by atoms with Crippen LogP contribution in [0.15, 0.2) is 0 Å². The van der Waals surface area contributed by atoms with Crippen molar-refractivity contribution in [3.05, 3.63) is 11.4 Å². The van der Waals surface area contributed by atoms with Gasteiger partial charge in [0.05, 0.1) is 28.7 Å². The maximum absolute atomic E-state index is 11.3. The Labute approximate surface area is 139 Å². The molecule has 0 aromatic rings. The van der Waals surface area contributed by atoms with Crippen LogP contribution in [0.4, 0.5) is 0 Å². The quantitative estimate of drug-likeness (QED) is 0.434. The van der Waals surface area contributed by atoms with Crippen LogP contribution in [-0.2, 0) is 19.0 Å². The first kappa shape index (κ1) is 16.2. The van der Waals surface area contributed by atoms with Gasteiger partial charge in [-0.25, -0.2) is 6.57 Å². The summed E-state index contributed by atoms with van der Waals surface area (Å²) in [6.07, 6.45) is 4.12. The first-order chi connectivity index (χ1) is 10.4. The Balaban J connectivity index is 1.71. The van der Waals surface area contributed by atoms with Gasteiger partial charge in [-0.1, -0.05) is 15.9 Å². The van der Waals surface area contributed by atoms with Gasteiger partial charge < -0.3 is 19.1 Å². The van der Waals surface area contributed by atoms with Gasteiger partial charge in [0.1, 0.15) is 6.10 Å². The van der Waals surface area contributed by atoms with Gasteiger partial charge in [-0.15, -0.1) is 0 Å². The molecule has 1 unspecified atom stereocenters. The summed E-state index contributed by atoms with van der Waals surface area (Å²) in [5, 5.41) is 0. The molecule has 2 heterocycles. The molecule has 0 radical (unpaired) electrons. The van der Waals surface area contributed by atoms with Crippen molar-refractivity contribution in [1.82, 2.24) is 0 Å². The molecule has 3 fully saturated rings. The predicted octanol–water partition coefficient (Wildman–Crippen LogP) is 2.86. The van der Waals surface area contributed by atoms with Crippen LogP contribution in [0.25, 0.3) is 4.85 Å². The van der Waals surface area contributed by atoms with Crippen molar-refractivity contribution in [1.29, 1.82) is 0 Å². The molecule has 1 aliphatic carbocycles. The highest BCUT2D eigenvalue weighted by Crippen LogP contribution is 2.51. The van der Waals surface area contributed by atoms with E-state index in [1.165, 1.54) is 6.92 Å². The van der Waals surface area contributed by atoms with Crippen LogP contribution >= 0.6 is 15.9 Å². The minimum atomic E-state index is -0.278. The standard InChI is InChI=1S/C16H22BrNO4/c1-9(18-3)6-11-4-5-14-16(22-11)7-12(17)15(20-10(2)19)13(8-16)21-14/h9,11-15H,4-8H2,1-2H3/t9-,11?,12+,13-,14+,15-,16+/m1/s1. The van der Waals surface area contributed by atoms with Gasteiger partial charge >= 0.3 is 5.97 Å². The van der Waals surface area contributed by atoms with E-state index in [9.17, 15) is 4.79 Å². The van der Waals surface area contributed by atoms with Gasteiger partial charge in [0.2, 0.25) is 6.04 Å². The topological polar surface area (TPSA) is 49.1 Å². The highest BCUT2D eigenvalue weighted by molar-refractivity contribution is 9.09. The Morgan fingerprint density at radius 1 is 1.50 bits per heavy atom. The lowest BCUT2D eigenvalue weighted by Gasteiger charge is -2.45. The van der Waals surface area contributed by atoms with Crippen molar-refractivity contribution in [3.63, 3.8) is 0 Å². The Morgan fingerprint density at radius 2 is 2.27 bits per heavy atom. The normalized spacial score (nSPS) is 44.7. The molecule has 0 N–H and O–H groups in total. The van der Waals surface area contributed by atoms with Crippen molar-refractivity contribution in [2.45, 2.75) is 86.8 Å². The van der Waals surface area contributed by atoms with E-state index in [1.807, 2.05) is 6.92 Å². The molecular formula is C16H22BrNO4. The Morgan fingerprint density at radius 3 is 2.95 bits per heavy atom. The lowest BCUT2D eigenvalue weighted by Crippen LogP contribution is -2.53. The van der Waals surface area contributed by atoms with Crippen LogP contribution < -0.4 is 0 Å². The predicted molar refractivity (Wildman–Crippen MR) is 83.7 cm³/mol. The van der Waals surface area contributed by atoms with Crippen molar-refractivity contribution < 1.29 is 19.0 Å². The van der Waals surface area contributed by atoms with Crippen molar-refractivity contribution in [2.24, 2.45) is 0 Å². The molecule has 1 saturated carbocycles. The zero-order valence-corrected chi connectivity index (χ0v) is 14.5. The van der Waals surface area contributed by atoms with Gasteiger partial charge in [0.25, 0.3) is 0 Å². The molecule has 6 heteroatoms.